The van der Waals surface area contributed by atoms with E-state index in [0.717, 1.165) is 43.1 Å². The molecule has 2 aromatic rings. The summed E-state index contributed by atoms with van der Waals surface area (Å²) in [5.41, 5.74) is 4.98. The zero-order valence-electron chi connectivity index (χ0n) is 16.9. The van der Waals surface area contributed by atoms with Gasteiger partial charge in [0.15, 0.2) is 0 Å². The van der Waals surface area contributed by atoms with Crippen molar-refractivity contribution in [3.8, 4) is 6.07 Å². The Kier molecular flexibility index (Phi) is 7.26. The van der Waals surface area contributed by atoms with Crippen LogP contribution in [0.5, 0.6) is 0 Å². The summed E-state index contributed by atoms with van der Waals surface area (Å²) >= 11 is 0. The van der Waals surface area contributed by atoms with Crippen LogP contribution in [0.3, 0.4) is 0 Å². The molecular formula is C23H28N6. The van der Waals surface area contributed by atoms with Crippen molar-refractivity contribution in [1.82, 2.24) is 14.9 Å². The number of nitrogens with zero attached hydrogens (tertiary/aromatic N) is 4. The molecule has 0 unspecified atom stereocenters. The molecule has 1 aliphatic heterocycles. The topological polar surface area (TPSA) is 68.9 Å². The van der Waals surface area contributed by atoms with Crippen LogP contribution in [0.1, 0.15) is 12.6 Å². The normalized spacial score (nSPS) is 14.8. The van der Waals surface area contributed by atoms with Crippen molar-refractivity contribution >= 4 is 11.4 Å². The van der Waals surface area contributed by atoms with E-state index in [1.165, 1.54) is 5.69 Å². The molecular weight excluding hydrogens is 360 g/mol. The summed E-state index contributed by atoms with van der Waals surface area (Å²) in [5, 5.41) is 15.8. The van der Waals surface area contributed by atoms with Gasteiger partial charge in [-0.1, -0.05) is 18.7 Å². The molecule has 6 heteroatoms. The number of rotatable bonds is 8. The van der Waals surface area contributed by atoms with E-state index in [2.05, 4.69) is 62.0 Å². The first-order valence-electron chi connectivity index (χ1n) is 9.90. The Morgan fingerprint density at radius 1 is 1.28 bits per heavy atom. The minimum Gasteiger partial charge on any atom is -0.379 e. The molecule has 6 nitrogen and oxygen atoms in total. The van der Waals surface area contributed by atoms with Gasteiger partial charge in [-0.05, 0) is 42.8 Å². The molecule has 0 aliphatic carbocycles. The maximum Gasteiger partial charge on any atom is 0.0988 e. The third kappa shape index (κ3) is 5.84. The lowest BCUT2D eigenvalue weighted by Crippen LogP contribution is -2.43. The van der Waals surface area contributed by atoms with E-state index in [1.54, 1.807) is 12.2 Å². The number of allylic oxidation sites excluding steroid dienone is 5. The summed E-state index contributed by atoms with van der Waals surface area (Å²) in [7, 11) is 0. The highest BCUT2D eigenvalue weighted by Crippen LogP contribution is 2.19. The number of anilines is 2. The third-order valence-electron chi connectivity index (χ3n) is 4.93. The second-order valence-electron chi connectivity index (χ2n) is 7.00. The van der Waals surface area contributed by atoms with E-state index in [9.17, 15) is 0 Å². The number of hydrogen-bond donors (Lipinski definition) is 2. The number of piperazine rings is 1. The van der Waals surface area contributed by atoms with Crippen LogP contribution in [0.25, 0.3) is 0 Å². The lowest BCUT2D eigenvalue weighted by Gasteiger charge is -2.29. The van der Waals surface area contributed by atoms with Gasteiger partial charge in [0.05, 0.1) is 24.6 Å². The second kappa shape index (κ2) is 10.3. The summed E-state index contributed by atoms with van der Waals surface area (Å²) in [6.45, 7) is 11.4. The van der Waals surface area contributed by atoms with Crippen LogP contribution < -0.4 is 15.5 Å². The van der Waals surface area contributed by atoms with E-state index in [4.69, 9.17) is 5.26 Å². The molecule has 1 aliphatic rings. The van der Waals surface area contributed by atoms with Crippen molar-refractivity contribution in [3.05, 3.63) is 78.4 Å². The average molecular weight is 389 g/mol. The lowest BCUT2D eigenvalue weighted by molar-refractivity contribution is 0.589. The van der Waals surface area contributed by atoms with Gasteiger partial charge in [-0.2, -0.15) is 5.26 Å². The molecule has 0 radical (unpaired) electrons. The Labute approximate surface area is 172 Å². The molecule has 150 valence electrons. The highest BCUT2D eigenvalue weighted by atomic mass is 15.2. The average Bonchev–Trinajstić information content (AvgIpc) is 3.21. The number of aromatic nitrogens is 2. The zero-order valence-corrected chi connectivity index (χ0v) is 16.9. The van der Waals surface area contributed by atoms with Gasteiger partial charge in [0.2, 0.25) is 0 Å². The maximum atomic E-state index is 8.98. The Morgan fingerprint density at radius 2 is 2.03 bits per heavy atom. The van der Waals surface area contributed by atoms with Gasteiger partial charge in [0.25, 0.3) is 0 Å². The summed E-state index contributed by atoms with van der Waals surface area (Å²) < 4.78 is 2.07. The van der Waals surface area contributed by atoms with Crippen LogP contribution in [0, 0.1) is 11.3 Å². The van der Waals surface area contributed by atoms with Crippen molar-refractivity contribution < 1.29 is 0 Å². The standard InChI is InChI=1S/C23H28N6/c1-3-20(14-24)5-4-19(2)17-29-18-26-15-23(29)16-27-21-6-8-22(9-7-21)28-12-10-25-11-13-28/h3-9,15,18,25,27H,2,10-13,16-17H2,1H3/b5-4-,20-3+. The molecule has 0 atom stereocenters. The third-order valence-corrected chi connectivity index (χ3v) is 4.93. The molecule has 29 heavy (non-hydrogen) atoms. The Morgan fingerprint density at radius 3 is 2.72 bits per heavy atom. The molecule has 0 spiro atoms. The van der Waals surface area contributed by atoms with Crippen molar-refractivity contribution in [2.24, 2.45) is 0 Å². The number of hydrogen-bond acceptors (Lipinski definition) is 5. The quantitative estimate of drug-likeness (QED) is 0.535. The summed E-state index contributed by atoms with van der Waals surface area (Å²) in [6, 6.07) is 10.7. The predicted octanol–water partition coefficient (Wildman–Crippen LogP) is 3.49. The van der Waals surface area contributed by atoms with Crippen LogP contribution in [0.4, 0.5) is 11.4 Å². The molecule has 2 N–H and O–H groups in total. The number of imidazole rings is 1. The molecule has 1 aromatic carbocycles. The van der Waals surface area contributed by atoms with Crippen molar-refractivity contribution in [1.29, 1.82) is 5.26 Å². The zero-order chi connectivity index (χ0) is 20.5. The van der Waals surface area contributed by atoms with Gasteiger partial charge in [-0.3, -0.25) is 0 Å². The minimum atomic E-state index is 0.628. The molecule has 1 saturated heterocycles. The predicted molar refractivity (Wildman–Crippen MR) is 119 cm³/mol. The highest BCUT2D eigenvalue weighted by molar-refractivity contribution is 5.55. The smallest absolute Gasteiger partial charge is 0.0988 e. The maximum absolute atomic E-state index is 8.98. The van der Waals surface area contributed by atoms with Crippen LogP contribution in [0.2, 0.25) is 0 Å². The summed E-state index contributed by atoms with van der Waals surface area (Å²) in [5.74, 6) is 0. The number of nitrogens with one attached hydrogen (secondary N) is 2. The van der Waals surface area contributed by atoms with Crippen molar-refractivity contribution in [2.45, 2.75) is 20.0 Å². The lowest BCUT2D eigenvalue weighted by atomic mass is 10.2. The fourth-order valence-electron chi connectivity index (χ4n) is 3.22. The van der Waals surface area contributed by atoms with Gasteiger partial charge >= 0.3 is 0 Å². The van der Waals surface area contributed by atoms with Crippen molar-refractivity contribution in [3.63, 3.8) is 0 Å². The van der Waals surface area contributed by atoms with E-state index in [1.807, 2.05) is 25.5 Å². The molecule has 0 saturated carbocycles. The number of nitriles is 1. The van der Waals surface area contributed by atoms with Crippen LogP contribution in [-0.2, 0) is 13.1 Å². The first-order valence-corrected chi connectivity index (χ1v) is 9.90. The summed E-state index contributed by atoms with van der Waals surface area (Å²) in [6.07, 6.45) is 9.13. The van der Waals surface area contributed by atoms with E-state index < -0.39 is 0 Å². The molecule has 0 bridgehead atoms. The highest BCUT2D eigenvalue weighted by Gasteiger charge is 2.10. The Bertz CT molecular complexity index is 908. The fraction of sp³-hybridized carbons (Fsp3) is 0.304. The Balaban J connectivity index is 1.55. The van der Waals surface area contributed by atoms with E-state index in [-0.39, 0.29) is 0 Å². The van der Waals surface area contributed by atoms with E-state index in [0.29, 0.717) is 18.7 Å². The molecule has 3 rings (SSSR count). The number of benzene rings is 1. The summed E-state index contributed by atoms with van der Waals surface area (Å²) in [4.78, 5) is 6.67. The fourth-order valence-corrected chi connectivity index (χ4v) is 3.22. The van der Waals surface area contributed by atoms with Crippen LogP contribution in [-0.4, -0.2) is 35.7 Å². The van der Waals surface area contributed by atoms with Crippen LogP contribution in [0.15, 0.2) is 72.7 Å². The monoisotopic (exact) mass is 388 g/mol. The van der Waals surface area contributed by atoms with Crippen molar-refractivity contribution in [2.75, 3.05) is 36.4 Å². The molecule has 1 fully saturated rings. The van der Waals surface area contributed by atoms with Gasteiger partial charge < -0.3 is 20.1 Å². The van der Waals surface area contributed by atoms with Gasteiger partial charge in [0, 0.05) is 55.9 Å². The second-order valence-corrected chi connectivity index (χ2v) is 7.00. The van der Waals surface area contributed by atoms with Crippen LogP contribution >= 0.6 is 0 Å². The minimum absolute atomic E-state index is 0.628. The Hall–Kier alpha value is -3.30. The SMILES string of the molecule is C=C(/C=C\C(C#N)=C/C)Cn1cncc1CNc1ccc(N2CCNCC2)cc1. The molecule has 2 heterocycles. The first kappa shape index (κ1) is 20.4. The van der Waals surface area contributed by atoms with E-state index >= 15 is 0 Å². The van der Waals surface area contributed by atoms with Gasteiger partial charge in [0.1, 0.15) is 0 Å². The molecule has 0 amide bonds. The van der Waals surface area contributed by atoms with Gasteiger partial charge in [-0.25, -0.2) is 4.98 Å². The largest absolute Gasteiger partial charge is 0.379 e. The first-order chi connectivity index (χ1) is 14.2. The molecule has 1 aromatic heterocycles. The van der Waals surface area contributed by atoms with Gasteiger partial charge in [-0.15, -0.1) is 0 Å².